The van der Waals surface area contributed by atoms with Gasteiger partial charge in [-0.2, -0.15) is 0 Å². The Morgan fingerprint density at radius 2 is 1.92 bits per heavy atom. The topological polar surface area (TPSA) is 41.5 Å². The molecule has 2 aromatic rings. The maximum absolute atomic E-state index is 13.0. The minimum Gasteiger partial charge on any atom is -0.316 e. The highest BCUT2D eigenvalue weighted by atomic mass is 32.2. The quantitative estimate of drug-likeness (QED) is 0.869. The van der Waals surface area contributed by atoms with E-state index in [1.54, 1.807) is 12.1 Å². The van der Waals surface area contributed by atoms with Gasteiger partial charge in [0.05, 0.1) is 21.9 Å². The second-order valence-electron chi connectivity index (χ2n) is 6.44. The van der Waals surface area contributed by atoms with Crippen molar-refractivity contribution in [1.29, 1.82) is 0 Å². The van der Waals surface area contributed by atoms with E-state index in [0.717, 1.165) is 17.2 Å². The predicted octanol–water partition coefficient (Wildman–Crippen LogP) is 4.28. The standard InChI is InChI=1S/C20H21FN2OS/c1-20(12-14-4-3-5-15(10-14)13-22-2)18(24)11-19(25-20)23-17-8-6-16(21)7-9-17/h3-10,22H,11-13H2,1-2H3. The minimum atomic E-state index is -0.503. The molecule has 1 saturated heterocycles. The van der Waals surface area contributed by atoms with E-state index < -0.39 is 4.75 Å². The summed E-state index contributed by atoms with van der Waals surface area (Å²) in [4.78, 5) is 17.1. The first-order valence-corrected chi connectivity index (χ1v) is 9.08. The number of carbonyl (C=O) groups is 1. The van der Waals surface area contributed by atoms with Gasteiger partial charge in [-0.1, -0.05) is 36.0 Å². The number of Topliss-reactive ketones (excluding diaryl/α,β-unsaturated/α-hetero) is 1. The van der Waals surface area contributed by atoms with Crippen LogP contribution in [-0.2, 0) is 17.8 Å². The van der Waals surface area contributed by atoms with E-state index in [0.29, 0.717) is 18.5 Å². The maximum atomic E-state index is 13.0. The lowest BCUT2D eigenvalue weighted by Crippen LogP contribution is -2.29. The third-order valence-corrected chi connectivity index (χ3v) is 5.53. The summed E-state index contributed by atoms with van der Waals surface area (Å²) in [7, 11) is 1.92. The van der Waals surface area contributed by atoms with Gasteiger partial charge < -0.3 is 5.32 Å². The first-order chi connectivity index (χ1) is 12.0. The fourth-order valence-electron chi connectivity index (χ4n) is 2.98. The molecule has 1 atom stereocenters. The molecular formula is C20H21FN2OS. The summed E-state index contributed by atoms with van der Waals surface area (Å²) in [6, 6.07) is 14.3. The van der Waals surface area contributed by atoms with E-state index in [4.69, 9.17) is 0 Å². The van der Waals surface area contributed by atoms with Gasteiger partial charge in [0.15, 0.2) is 5.78 Å². The van der Waals surface area contributed by atoms with Crippen LogP contribution in [0.5, 0.6) is 0 Å². The minimum absolute atomic E-state index is 0.192. The molecule has 1 heterocycles. The Hall–Kier alpha value is -1.98. The van der Waals surface area contributed by atoms with Gasteiger partial charge in [0, 0.05) is 6.54 Å². The number of benzene rings is 2. The lowest BCUT2D eigenvalue weighted by Gasteiger charge is -2.20. The van der Waals surface area contributed by atoms with Crippen molar-refractivity contribution in [2.45, 2.75) is 31.1 Å². The van der Waals surface area contributed by atoms with Gasteiger partial charge in [-0.3, -0.25) is 4.79 Å². The van der Waals surface area contributed by atoms with Crippen molar-refractivity contribution >= 4 is 28.3 Å². The van der Waals surface area contributed by atoms with Crippen molar-refractivity contribution < 1.29 is 9.18 Å². The summed E-state index contributed by atoms with van der Waals surface area (Å²) in [6.07, 6.45) is 1.02. The highest BCUT2D eigenvalue weighted by Gasteiger charge is 2.42. The normalized spacial score (nSPS) is 21.9. The number of halogens is 1. The SMILES string of the molecule is CNCc1cccc(CC2(C)SC(=Nc3ccc(F)cc3)CC2=O)c1. The average Bonchev–Trinajstić information content (AvgIpc) is 2.84. The van der Waals surface area contributed by atoms with Crippen LogP contribution >= 0.6 is 11.8 Å². The zero-order valence-corrected chi connectivity index (χ0v) is 15.2. The first-order valence-electron chi connectivity index (χ1n) is 8.26. The van der Waals surface area contributed by atoms with Crippen molar-refractivity contribution in [2.24, 2.45) is 4.99 Å². The molecule has 0 saturated carbocycles. The number of carbonyl (C=O) groups excluding carboxylic acids is 1. The Labute approximate surface area is 151 Å². The molecule has 130 valence electrons. The van der Waals surface area contributed by atoms with Gasteiger partial charge in [0.2, 0.25) is 0 Å². The molecule has 0 spiro atoms. The van der Waals surface area contributed by atoms with Gasteiger partial charge in [0.1, 0.15) is 5.82 Å². The van der Waals surface area contributed by atoms with Crippen LogP contribution in [-0.4, -0.2) is 22.6 Å². The molecule has 0 amide bonds. The number of hydrogen-bond acceptors (Lipinski definition) is 4. The number of ketones is 1. The van der Waals surface area contributed by atoms with Gasteiger partial charge >= 0.3 is 0 Å². The van der Waals surface area contributed by atoms with Crippen molar-refractivity contribution in [3.05, 3.63) is 65.5 Å². The van der Waals surface area contributed by atoms with E-state index in [2.05, 4.69) is 28.5 Å². The zero-order valence-electron chi connectivity index (χ0n) is 14.4. The molecule has 0 aliphatic carbocycles. The van der Waals surface area contributed by atoms with Crippen LogP contribution in [0.3, 0.4) is 0 Å². The summed E-state index contributed by atoms with van der Waals surface area (Å²) < 4.78 is 12.5. The summed E-state index contributed by atoms with van der Waals surface area (Å²) in [5, 5.41) is 3.94. The van der Waals surface area contributed by atoms with Crippen LogP contribution in [0.2, 0.25) is 0 Å². The fourth-order valence-corrected chi connectivity index (χ4v) is 4.28. The molecule has 0 bridgehead atoms. The molecule has 3 nitrogen and oxygen atoms in total. The highest BCUT2D eigenvalue weighted by molar-refractivity contribution is 8.16. The molecular weight excluding hydrogens is 335 g/mol. The molecule has 1 fully saturated rings. The molecule has 2 aromatic carbocycles. The summed E-state index contributed by atoms with van der Waals surface area (Å²) >= 11 is 1.53. The summed E-state index contributed by atoms with van der Waals surface area (Å²) in [5.74, 6) is -0.0947. The number of thioether (sulfide) groups is 1. The second-order valence-corrected chi connectivity index (χ2v) is 8.02. The van der Waals surface area contributed by atoms with Crippen LogP contribution < -0.4 is 5.32 Å². The van der Waals surface area contributed by atoms with Gasteiger partial charge in [-0.25, -0.2) is 9.38 Å². The smallest absolute Gasteiger partial charge is 0.155 e. The molecule has 3 rings (SSSR count). The molecule has 5 heteroatoms. The zero-order chi connectivity index (χ0) is 17.9. The maximum Gasteiger partial charge on any atom is 0.155 e. The molecule has 1 aliphatic rings. The molecule has 25 heavy (non-hydrogen) atoms. The van der Waals surface area contributed by atoms with Crippen molar-refractivity contribution in [3.63, 3.8) is 0 Å². The second kappa shape index (κ2) is 7.50. The Bertz CT molecular complexity index is 804. The average molecular weight is 356 g/mol. The first kappa shape index (κ1) is 17.8. The van der Waals surface area contributed by atoms with Crippen LogP contribution in [0, 0.1) is 5.82 Å². The number of rotatable bonds is 5. The van der Waals surface area contributed by atoms with E-state index in [1.807, 2.05) is 20.0 Å². The predicted molar refractivity (Wildman–Crippen MR) is 102 cm³/mol. The van der Waals surface area contributed by atoms with Crippen LogP contribution in [0.1, 0.15) is 24.5 Å². The van der Waals surface area contributed by atoms with Gasteiger partial charge in [-0.15, -0.1) is 0 Å². The van der Waals surface area contributed by atoms with Crippen LogP contribution in [0.4, 0.5) is 10.1 Å². The van der Waals surface area contributed by atoms with E-state index in [1.165, 1.54) is 29.5 Å². The largest absolute Gasteiger partial charge is 0.316 e. The Balaban J connectivity index is 1.76. The third-order valence-electron chi connectivity index (χ3n) is 4.24. The van der Waals surface area contributed by atoms with Crippen molar-refractivity contribution in [3.8, 4) is 0 Å². The fraction of sp³-hybridized carbons (Fsp3) is 0.300. The van der Waals surface area contributed by atoms with Crippen LogP contribution in [0.15, 0.2) is 53.5 Å². The number of hydrogen-bond donors (Lipinski definition) is 1. The van der Waals surface area contributed by atoms with E-state index >= 15 is 0 Å². The van der Waals surface area contributed by atoms with Gasteiger partial charge in [-0.05, 0) is 55.8 Å². The van der Waals surface area contributed by atoms with E-state index in [-0.39, 0.29) is 11.6 Å². The molecule has 1 unspecified atom stereocenters. The summed E-state index contributed by atoms with van der Waals surface area (Å²) in [5.41, 5.74) is 3.04. The Morgan fingerprint density at radius 1 is 1.20 bits per heavy atom. The number of nitrogens with zero attached hydrogens (tertiary/aromatic N) is 1. The van der Waals surface area contributed by atoms with Crippen molar-refractivity contribution in [1.82, 2.24) is 5.32 Å². The highest BCUT2D eigenvalue weighted by Crippen LogP contribution is 2.40. The monoisotopic (exact) mass is 356 g/mol. The molecule has 1 aliphatic heterocycles. The lowest BCUT2D eigenvalue weighted by atomic mass is 9.94. The molecule has 1 N–H and O–H groups in total. The van der Waals surface area contributed by atoms with Crippen molar-refractivity contribution in [2.75, 3.05) is 7.05 Å². The third kappa shape index (κ3) is 4.35. The molecule has 0 aromatic heterocycles. The number of nitrogens with one attached hydrogen (secondary N) is 1. The molecule has 0 radical (unpaired) electrons. The van der Waals surface area contributed by atoms with Crippen LogP contribution in [0.25, 0.3) is 0 Å². The Morgan fingerprint density at radius 3 is 2.64 bits per heavy atom. The van der Waals surface area contributed by atoms with Gasteiger partial charge in [0.25, 0.3) is 0 Å². The number of aliphatic imine (C=N–C) groups is 1. The Kier molecular flexibility index (Phi) is 5.35. The lowest BCUT2D eigenvalue weighted by molar-refractivity contribution is -0.119. The van der Waals surface area contributed by atoms with E-state index in [9.17, 15) is 9.18 Å². The summed E-state index contributed by atoms with van der Waals surface area (Å²) in [6.45, 7) is 2.79.